The highest BCUT2D eigenvalue weighted by atomic mass is 35.5. The van der Waals surface area contributed by atoms with E-state index in [-0.39, 0.29) is 12.4 Å². The molecule has 1 N–H and O–H groups in total. The van der Waals surface area contributed by atoms with Gasteiger partial charge in [-0.25, -0.2) is 0 Å². The molecule has 5 heteroatoms. The van der Waals surface area contributed by atoms with Crippen molar-refractivity contribution >= 4 is 30.0 Å². The van der Waals surface area contributed by atoms with Crippen molar-refractivity contribution in [3.63, 3.8) is 0 Å². The Morgan fingerprint density at radius 1 is 1.38 bits per heavy atom. The second kappa shape index (κ2) is 6.66. The molecule has 2 rings (SSSR count). The topological polar surface area (TPSA) is 33.6 Å². The lowest BCUT2D eigenvalue weighted by Gasteiger charge is -2.06. The molecule has 0 atom stereocenters. The maximum absolute atomic E-state index is 5.59. The summed E-state index contributed by atoms with van der Waals surface area (Å²) >= 11 is 1.73. The number of halogens is 1. The molecule has 0 saturated carbocycles. The fourth-order valence-electron chi connectivity index (χ4n) is 1.37. The second-order valence-electron chi connectivity index (χ2n) is 3.22. The molecule has 0 fully saturated rings. The SMILES string of the molecule is CSc1ccc(OCC2=NCCN2)cc1.Cl. The van der Waals surface area contributed by atoms with Crippen LogP contribution >= 0.6 is 24.2 Å². The predicted octanol–water partition coefficient (Wildman–Crippen LogP) is 2.21. The number of rotatable bonds is 4. The first-order valence-corrected chi connectivity index (χ1v) is 6.15. The van der Waals surface area contributed by atoms with E-state index in [1.54, 1.807) is 11.8 Å². The van der Waals surface area contributed by atoms with Crippen molar-refractivity contribution in [2.75, 3.05) is 26.0 Å². The Morgan fingerprint density at radius 3 is 2.69 bits per heavy atom. The summed E-state index contributed by atoms with van der Waals surface area (Å²) in [5, 5.41) is 3.17. The average Bonchev–Trinajstić information content (AvgIpc) is 2.80. The van der Waals surface area contributed by atoms with Gasteiger partial charge in [-0.2, -0.15) is 0 Å². The zero-order valence-electron chi connectivity index (χ0n) is 9.10. The van der Waals surface area contributed by atoms with E-state index in [0.717, 1.165) is 24.7 Å². The molecule has 0 bridgehead atoms. The van der Waals surface area contributed by atoms with Gasteiger partial charge in [-0.1, -0.05) is 0 Å². The maximum atomic E-state index is 5.59. The molecule has 0 aliphatic carbocycles. The van der Waals surface area contributed by atoms with Gasteiger partial charge in [0, 0.05) is 11.4 Å². The van der Waals surface area contributed by atoms with Gasteiger partial charge < -0.3 is 10.1 Å². The lowest BCUT2D eigenvalue weighted by atomic mass is 10.3. The van der Waals surface area contributed by atoms with Gasteiger partial charge in [-0.05, 0) is 30.5 Å². The molecule has 1 aromatic carbocycles. The third kappa shape index (κ3) is 3.61. The molecule has 1 heterocycles. The smallest absolute Gasteiger partial charge is 0.145 e. The number of amidine groups is 1. The number of thioether (sulfide) groups is 1. The van der Waals surface area contributed by atoms with Crippen molar-refractivity contribution in [2.45, 2.75) is 4.90 Å². The van der Waals surface area contributed by atoms with Gasteiger partial charge in [-0.15, -0.1) is 24.2 Å². The number of hydrogen-bond acceptors (Lipinski definition) is 4. The summed E-state index contributed by atoms with van der Waals surface area (Å²) < 4.78 is 5.59. The van der Waals surface area contributed by atoms with Crippen molar-refractivity contribution in [1.82, 2.24) is 5.32 Å². The first-order valence-electron chi connectivity index (χ1n) is 4.92. The Balaban J connectivity index is 0.00000128. The highest BCUT2D eigenvalue weighted by Gasteiger charge is 2.04. The maximum Gasteiger partial charge on any atom is 0.145 e. The Labute approximate surface area is 106 Å². The van der Waals surface area contributed by atoms with E-state index < -0.39 is 0 Å². The van der Waals surface area contributed by atoms with Crippen molar-refractivity contribution in [1.29, 1.82) is 0 Å². The van der Waals surface area contributed by atoms with Crippen molar-refractivity contribution < 1.29 is 4.74 Å². The molecule has 88 valence electrons. The van der Waals surface area contributed by atoms with Crippen molar-refractivity contribution in [3.05, 3.63) is 24.3 Å². The Bertz CT molecular complexity index is 354. The first-order chi connectivity index (χ1) is 7.38. The Kier molecular flexibility index (Phi) is 5.49. The van der Waals surface area contributed by atoms with Crippen LogP contribution in [0, 0.1) is 0 Å². The summed E-state index contributed by atoms with van der Waals surface area (Å²) in [6.07, 6.45) is 2.06. The zero-order chi connectivity index (χ0) is 10.5. The van der Waals surface area contributed by atoms with Crippen LogP contribution in [0.5, 0.6) is 5.75 Å². The molecule has 0 amide bonds. The fourth-order valence-corrected chi connectivity index (χ4v) is 1.78. The van der Waals surface area contributed by atoms with Crippen LogP contribution in [0.25, 0.3) is 0 Å². The third-order valence-electron chi connectivity index (χ3n) is 2.18. The molecule has 0 aromatic heterocycles. The summed E-state index contributed by atoms with van der Waals surface area (Å²) in [6.45, 7) is 2.34. The third-order valence-corrected chi connectivity index (χ3v) is 2.92. The minimum absolute atomic E-state index is 0. The Hall–Kier alpha value is -0.870. The van der Waals surface area contributed by atoms with E-state index in [1.807, 2.05) is 12.1 Å². The summed E-state index contributed by atoms with van der Waals surface area (Å²) in [6, 6.07) is 8.09. The molecule has 3 nitrogen and oxygen atoms in total. The summed E-state index contributed by atoms with van der Waals surface area (Å²) in [4.78, 5) is 5.51. The summed E-state index contributed by atoms with van der Waals surface area (Å²) in [7, 11) is 0. The number of nitrogens with zero attached hydrogens (tertiary/aromatic N) is 1. The quantitative estimate of drug-likeness (QED) is 0.841. The van der Waals surface area contributed by atoms with Crippen LogP contribution in [0.15, 0.2) is 34.2 Å². The molecular formula is C11H15ClN2OS. The molecule has 16 heavy (non-hydrogen) atoms. The van der Waals surface area contributed by atoms with Gasteiger partial charge in [0.1, 0.15) is 18.2 Å². The molecule has 1 aliphatic heterocycles. The molecule has 1 aliphatic rings. The van der Waals surface area contributed by atoms with E-state index in [0.29, 0.717) is 6.61 Å². The lowest BCUT2D eigenvalue weighted by Crippen LogP contribution is -2.24. The van der Waals surface area contributed by atoms with E-state index in [2.05, 4.69) is 28.7 Å². The van der Waals surface area contributed by atoms with Crippen LogP contribution in [0.1, 0.15) is 0 Å². The van der Waals surface area contributed by atoms with Crippen LogP contribution in [0.3, 0.4) is 0 Å². The first kappa shape index (κ1) is 13.2. The van der Waals surface area contributed by atoms with Gasteiger partial charge in [0.05, 0.1) is 6.54 Å². The van der Waals surface area contributed by atoms with Crippen LogP contribution < -0.4 is 10.1 Å². The summed E-state index contributed by atoms with van der Waals surface area (Å²) in [5.41, 5.74) is 0. The van der Waals surface area contributed by atoms with Gasteiger partial charge in [-0.3, -0.25) is 4.99 Å². The minimum atomic E-state index is 0. The molecule has 0 spiro atoms. The zero-order valence-corrected chi connectivity index (χ0v) is 10.7. The summed E-state index contributed by atoms with van der Waals surface area (Å²) in [5.74, 6) is 1.84. The van der Waals surface area contributed by atoms with Gasteiger partial charge in [0.15, 0.2) is 0 Å². The number of hydrogen-bond donors (Lipinski definition) is 1. The van der Waals surface area contributed by atoms with E-state index in [4.69, 9.17) is 4.74 Å². The van der Waals surface area contributed by atoms with Crippen LogP contribution in [-0.2, 0) is 0 Å². The van der Waals surface area contributed by atoms with Gasteiger partial charge in [0.25, 0.3) is 0 Å². The molecule has 1 aromatic rings. The molecular weight excluding hydrogens is 244 g/mol. The highest BCUT2D eigenvalue weighted by Crippen LogP contribution is 2.18. The predicted molar refractivity (Wildman–Crippen MR) is 71.3 cm³/mol. The molecule has 0 radical (unpaired) electrons. The van der Waals surface area contributed by atoms with Crippen LogP contribution in [0.4, 0.5) is 0 Å². The number of benzene rings is 1. The van der Waals surface area contributed by atoms with Gasteiger partial charge in [0.2, 0.25) is 0 Å². The number of ether oxygens (including phenoxy) is 1. The van der Waals surface area contributed by atoms with Gasteiger partial charge >= 0.3 is 0 Å². The molecule has 0 saturated heterocycles. The average molecular weight is 259 g/mol. The van der Waals surface area contributed by atoms with Crippen LogP contribution in [-0.4, -0.2) is 31.8 Å². The van der Waals surface area contributed by atoms with E-state index >= 15 is 0 Å². The fraction of sp³-hybridized carbons (Fsp3) is 0.364. The number of nitrogens with one attached hydrogen (secondary N) is 1. The largest absolute Gasteiger partial charge is 0.486 e. The van der Waals surface area contributed by atoms with Crippen LogP contribution in [0.2, 0.25) is 0 Å². The second-order valence-corrected chi connectivity index (χ2v) is 4.10. The highest BCUT2D eigenvalue weighted by molar-refractivity contribution is 7.98. The monoisotopic (exact) mass is 258 g/mol. The standard InChI is InChI=1S/C11H14N2OS.ClH/c1-15-10-4-2-9(3-5-10)14-8-11-12-6-7-13-11;/h2-5H,6-8H2,1H3,(H,12,13);1H. The Morgan fingerprint density at radius 2 is 2.12 bits per heavy atom. The van der Waals surface area contributed by atoms with Crippen molar-refractivity contribution in [3.8, 4) is 5.75 Å². The number of aliphatic imine (C=N–C) groups is 1. The van der Waals surface area contributed by atoms with E-state index in [9.17, 15) is 0 Å². The minimum Gasteiger partial charge on any atom is -0.486 e. The van der Waals surface area contributed by atoms with Crippen molar-refractivity contribution in [2.24, 2.45) is 4.99 Å². The molecule has 0 unspecified atom stereocenters. The lowest BCUT2D eigenvalue weighted by molar-refractivity contribution is 0.373. The van der Waals surface area contributed by atoms with E-state index in [1.165, 1.54) is 4.90 Å². The normalized spacial score (nSPS) is 13.7.